The van der Waals surface area contributed by atoms with Crippen LogP contribution in [0.3, 0.4) is 0 Å². The van der Waals surface area contributed by atoms with Gasteiger partial charge in [0.15, 0.2) is 0 Å². The van der Waals surface area contributed by atoms with Gasteiger partial charge in [0.05, 0.1) is 12.3 Å². The van der Waals surface area contributed by atoms with Crippen molar-refractivity contribution in [1.29, 1.82) is 0 Å². The van der Waals surface area contributed by atoms with E-state index in [1.165, 1.54) is 0 Å². The van der Waals surface area contributed by atoms with Gasteiger partial charge >= 0.3 is 0 Å². The highest BCUT2D eigenvalue weighted by Crippen LogP contribution is 2.17. The van der Waals surface area contributed by atoms with Crippen LogP contribution in [0.2, 0.25) is 0 Å². The molecule has 0 fully saturated rings. The van der Waals surface area contributed by atoms with E-state index < -0.39 is 30.7 Å². The molecule has 6 heteroatoms. The van der Waals surface area contributed by atoms with Crippen molar-refractivity contribution in [3.05, 3.63) is 36.0 Å². The highest BCUT2D eigenvalue weighted by atomic mass is 16.4. The molecule has 2 rings (SSSR count). The fourth-order valence-corrected chi connectivity index (χ4v) is 1.84. The average Bonchev–Trinajstić information content (AvgIpc) is 2.87. The molecule has 0 saturated heterocycles. The Kier molecular flexibility index (Phi) is 3.96. The quantitative estimate of drug-likeness (QED) is 0.464. The van der Waals surface area contributed by atoms with E-state index in [-0.39, 0.29) is 5.69 Å². The number of nitrogens with one attached hydrogen (secondary N) is 1. The van der Waals surface area contributed by atoms with Crippen molar-refractivity contribution in [3.8, 4) is 0 Å². The summed E-state index contributed by atoms with van der Waals surface area (Å²) in [6.45, 7) is -0.738. The van der Waals surface area contributed by atoms with Gasteiger partial charge in [0.25, 0.3) is 0 Å². The van der Waals surface area contributed by atoms with Crippen LogP contribution in [0.4, 0.5) is 0 Å². The number of rotatable bonds is 5. The molecule has 0 saturated carbocycles. The largest absolute Gasteiger partial charge is 0.394 e. The number of hydrogen-bond acceptors (Lipinski definition) is 5. The van der Waals surface area contributed by atoms with Crippen molar-refractivity contribution in [2.75, 3.05) is 6.61 Å². The molecule has 1 heterocycles. The SMILES string of the molecule is O=C(c1cc2ccccc2[nH]1)C(O)C(O)C(O)CO. The summed E-state index contributed by atoms with van der Waals surface area (Å²) >= 11 is 0. The molecule has 0 spiro atoms. The Bertz CT molecular complexity index is 546. The van der Waals surface area contributed by atoms with Gasteiger partial charge in [0, 0.05) is 10.9 Å². The number of ketones is 1. The molecule has 0 aliphatic carbocycles. The molecule has 1 aromatic heterocycles. The lowest BCUT2D eigenvalue weighted by Crippen LogP contribution is -2.43. The number of Topliss-reactive ketones (excluding diaryl/α,β-unsaturated/α-hetero) is 1. The van der Waals surface area contributed by atoms with E-state index in [0.29, 0.717) is 0 Å². The zero-order chi connectivity index (χ0) is 14.0. The first-order chi connectivity index (χ1) is 9.04. The van der Waals surface area contributed by atoms with E-state index in [2.05, 4.69) is 4.98 Å². The molecular formula is C13H15NO5. The van der Waals surface area contributed by atoms with E-state index in [0.717, 1.165) is 10.9 Å². The Morgan fingerprint density at radius 3 is 2.53 bits per heavy atom. The van der Waals surface area contributed by atoms with Gasteiger partial charge in [-0.25, -0.2) is 0 Å². The number of aromatic amines is 1. The van der Waals surface area contributed by atoms with Crippen LogP contribution in [-0.4, -0.2) is 56.1 Å². The van der Waals surface area contributed by atoms with Crippen LogP contribution in [0.25, 0.3) is 10.9 Å². The number of benzene rings is 1. The van der Waals surface area contributed by atoms with E-state index in [9.17, 15) is 20.1 Å². The molecular weight excluding hydrogens is 250 g/mol. The number of aliphatic hydroxyl groups excluding tert-OH is 4. The van der Waals surface area contributed by atoms with Crippen LogP contribution in [-0.2, 0) is 0 Å². The number of carbonyl (C=O) groups is 1. The highest BCUT2D eigenvalue weighted by Gasteiger charge is 2.31. The molecule has 0 aliphatic rings. The molecule has 19 heavy (non-hydrogen) atoms. The molecule has 2 aromatic rings. The lowest BCUT2D eigenvalue weighted by Gasteiger charge is -2.19. The third-order valence-electron chi connectivity index (χ3n) is 2.97. The van der Waals surface area contributed by atoms with Gasteiger partial charge in [-0.2, -0.15) is 0 Å². The Labute approximate surface area is 108 Å². The van der Waals surface area contributed by atoms with Crippen molar-refractivity contribution in [2.45, 2.75) is 18.3 Å². The second kappa shape index (κ2) is 5.50. The summed E-state index contributed by atoms with van der Waals surface area (Å²) in [7, 11) is 0. The number of carbonyl (C=O) groups excluding carboxylic acids is 1. The standard InChI is InChI=1S/C13H15NO5/c15-6-10(16)12(18)13(19)11(17)9-5-7-3-1-2-4-8(7)14-9/h1-5,10,12-16,18-19H,6H2. The van der Waals surface area contributed by atoms with Crippen LogP contribution in [0.1, 0.15) is 10.5 Å². The summed E-state index contributed by atoms with van der Waals surface area (Å²) in [5.41, 5.74) is 0.869. The van der Waals surface area contributed by atoms with Crippen molar-refractivity contribution in [1.82, 2.24) is 4.98 Å². The number of hydrogen-bond donors (Lipinski definition) is 5. The number of aromatic nitrogens is 1. The van der Waals surface area contributed by atoms with Crippen LogP contribution in [0, 0.1) is 0 Å². The first kappa shape index (κ1) is 13.7. The van der Waals surface area contributed by atoms with E-state index in [1.807, 2.05) is 6.07 Å². The summed E-state index contributed by atoms with van der Waals surface area (Å²) in [6, 6.07) is 8.74. The van der Waals surface area contributed by atoms with E-state index >= 15 is 0 Å². The molecule has 0 aliphatic heterocycles. The summed E-state index contributed by atoms with van der Waals surface area (Å²) in [5.74, 6) is -0.740. The first-order valence-electron chi connectivity index (χ1n) is 5.81. The predicted octanol–water partition coefficient (Wildman–Crippen LogP) is -0.574. The van der Waals surface area contributed by atoms with Crippen LogP contribution in [0.15, 0.2) is 30.3 Å². The van der Waals surface area contributed by atoms with Crippen molar-refractivity contribution in [2.24, 2.45) is 0 Å². The van der Waals surface area contributed by atoms with E-state index in [1.54, 1.807) is 24.3 Å². The van der Waals surface area contributed by atoms with Gasteiger partial charge in [0.2, 0.25) is 5.78 Å². The van der Waals surface area contributed by atoms with Gasteiger partial charge in [-0.3, -0.25) is 4.79 Å². The third kappa shape index (κ3) is 2.66. The van der Waals surface area contributed by atoms with Gasteiger partial charge in [-0.05, 0) is 12.1 Å². The third-order valence-corrected chi connectivity index (χ3v) is 2.97. The van der Waals surface area contributed by atoms with Gasteiger partial charge in [-0.15, -0.1) is 0 Å². The number of aliphatic hydroxyl groups is 4. The fourth-order valence-electron chi connectivity index (χ4n) is 1.84. The number of fused-ring (bicyclic) bond motifs is 1. The normalized spacial score (nSPS) is 16.2. The van der Waals surface area contributed by atoms with Crippen molar-refractivity contribution >= 4 is 16.7 Å². The first-order valence-corrected chi connectivity index (χ1v) is 5.81. The topological polar surface area (TPSA) is 114 Å². The lowest BCUT2D eigenvalue weighted by molar-refractivity contribution is -0.0647. The number of para-hydroxylation sites is 1. The molecule has 6 nitrogen and oxygen atoms in total. The van der Waals surface area contributed by atoms with Gasteiger partial charge in [0.1, 0.15) is 18.3 Å². The molecule has 3 unspecified atom stereocenters. The maximum absolute atomic E-state index is 11.9. The Hall–Kier alpha value is -1.73. The Balaban J connectivity index is 2.23. The lowest BCUT2D eigenvalue weighted by atomic mass is 10.0. The molecule has 0 amide bonds. The second-order valence-electron chi connectivity index (χ2n) is 4.32. The summed E-state index contributed by atoms with van der Waals surface area (Å²) in [4.78, 5) is 14.8. The smallest absolute Gasteiger partial charge is 0.210 e. The van der Waals surface area contributed by atoms with Crippen molar-refractivity contribution < 1.29 is 25.2 Å². The zero-order valence-corrected chi connectivity index (χ0v) is 10.0. The highest BCUT2D eigenvalue weighted by molar-refractivity contribution is 6.02. The van der Waals surface area contributed by atoms with Crippen LogP contribution >= 0.6 is 0 Å². The van der Waals surface area contributed by atoms with Gasteiger partial charge < -0.3 is 25.4 Å². The average molecular weight is 265 g/mol. The predicted molar refractivity (Wildman–Crippen MR) is 67.7 cm³/mol. The molecule has 0 radical (unpaired) electrons. The minimum Gasteiger partial charge on any atom is -0.394 e. The molecule has 3 atom stereocenters. The van der Waals surface area contributed by atoms with Gasteiger partial charge in [-0.1, -0.05) is 18.2 Å². The summed E-state index contributed by atoms with van der Waals surface area (Å²) in [6.07, 6.45) is -5.09. The summed E-state index contributed by atoms with van der Waals surface area (Å²) in [5, 5.41) is 37.9. The molecule has 102 valence electrons. The van der Waals surface area contributed by atoms with E-state index in [4.69, 9.17) is 5.11 Å². The maximum atomic E-state index is 11.9. The Morgan fingerprint density at radius 2 is 1.89 bits per heavy atom. The monoisotopic (exact) mass is 265 g/mol. The minimum atomic E-state index is -1.80. The minimum absolute atomic E-state index is 0.137. The second-order valence-corrected chi connectivity index (χ2v) is 4.32. The van der Waals surface area contributed by atoms with Crippen LogP contribution in [0.5, 0.6) is 0 Å². The van der Waals surface area contributed by atoms with Crippen LogP contribution < -0.4 is 0 Å². The molecule has 0 bridgehead atoms. The van der Waals surface area contributed by atoms with Crippen molar-refractivity contribution in [3.63, 3.8) is 0 Å². The molecule has 5 N–H and O–H groups in total. The summed E-state index contributed by atoms with van der Waals surface area (Å²) < 4.78 is 0. The molecule has 1 aromatic carbocycles. The number of H-pyrrole nitrogens is 1. The maximum Gasteiger partial charge on any atom is 0.210 e. The Morgan fingerprint density at radius 1 is 1.21 bits per heavy atom. The zero-order valence-electron chi connectivity index (χ0n) is 10.0. The fraction of sp³-hybridized carbons (Fsp3) is 0.308.